The van der Waals surface area contributed by atoms with E-state index in [4.69, 9.17) is 0 Å². The van der Waals surface area contributed by atoms with E-state index >= 15 is 0 Å². The fraction of sp³-hybridized carbons (Fsp3) is 0.235. The lowest BCUT2D eigenvalue weighted by Crippen LogP contribution is -2.01. The maximum absolute atomic E-state index is 10.4. The lowest BCUT2D eigenvalue weighted by atomic mass is 10.0. The Morgan fingerprint density at radius 3 is 2.70 bits per heavy atom. The average Bonchev–Trinajstić information content (AvgIpc) is 2.91. The summed E-state index contributed by atoms with van der Waals surface area (Å²) < 4.78 is 1.13. The standard InChI is InChI=1S/C17H17NOS/c1-2-12-6-5-7-13(10-12)11-15(19)17-18-14-8-3-4-9-16(14)20-17/h3-10,15,19H,2,11H2,1H3. The first-order valence-electron chi connectivity index (χ1n) is 6.87. The number of nitrogens with zero attached hydrogens (tertiary/aromatic N) is 1. The third-order valence-electron chi connectivity index (χ3n) is 3.42. The number of rotatable bonds is 4. The van der Waals surface area contributed by atoms with Crippen LogP contribution in [0.3, 0.4) is 0 Å². The van der Waals surface area contributed by atoms with E-state index in [0.717, 1.165) is 27.2 Å². The highest BCUT2D eigenvalue weighted by atomic mass is 32.1. The van der Waals surface area contributed by atoms with Crippen LogP contribution in [0.4, 0.5) is 0 Å². The predicted molar refractivity (Wildman–Crippen MR) is 84.1 cm³/mol. The van der Waals surface area contributed by atoms with Crippen molar-refractivity contribution in [3.05, 3.63) is 64.7 Å². The molecule has 0 aliphatic heterocycles. The van der Waals surface area contributed by atoms with Crippen LogP contribution in [0.15, 0.2) is 48.5 Å². The quantitative estimate of drug-likeness (QED) is 0.781. The molecule has 1 aromatic heterocycles. The fourth-order valence-electron chi connectivity index (χ4n) is 2.32. The number of aryl methyl sites for hydroxylation is 1. The molecule has 0 radical (unpaired) electrons. The van der Waals surface area contributed by atoms with Gasteiger partial charge in [-0.2, -0.15) is 0 Å². The Bertz CT molecular complexity index is 687. The molecule has 3 rings (SSSR count). The zero-order valence-electron chi connectivity index (χ0n) is 11.4. The molecule has 2 aromatic carbocycles. The van der Waals surface area contributed by atoms with Gasteiger partial charge in [0.25, 0.3) is 0 Å². The van der Waals surface area contributed by atoms with E-state index in [1.54, 1.807) is 11.3 Å². The molecule has 0 amide bonds. The van der Waals surface area contributed by atoms with Gasteiger partial charge in [-0.15, -0.1) is 11.3 Å². The number of aliphatic hydroxyl groups is 1. The van der Waals surface area contributed by atoms with Gasteiger partial charge in [-0.25, -0.2) is 4.98 Å². The van der Waals surface area contributed by atoms with Crippen LogP contribution in [0.2, 0.25) is 0 Å². The first kappa shape index (κ1) is 13.3. The van der Waals surface area contributed by atoms with E-state index < -0.39 is 6.10 Å². The lowest BCUT2D eigenvalue weighted by molar-refractivity contribution is 0.178. The number of para-hydroxylation sites is 1. The SMILES string of the molecule is CCc1cccc(CC(O)c2nc3ccccc3s2)c1. The van der Waals surface area contributed by atoms with Gasteiger partial charge in [-0.3, -0.25) is 0 Å². The number of benzene rings is 2. The summed E-state index contributed by atoms with van der Waals surface area (Å²) >= 11 is 1.57. The zero-order chi connectivity index (χ0) is 13.9. The number of hydrogen-bond acceptors (Lipinski definition) is 3. The van der Waals surface area contributed by atoms with Gasteiger partial charge < -0.3 is 5.11 Å². The summed E-state index contributed by atoms with van der Waals surface area (Å²) in [5.41, 5.74) is 3.43. The van der Waals surface area contributed by atoms with Crippen LogP contribution in [-0.4, -0.2) is 10.1 Å². The van der Waals surface area contributed by atoms with Crippen LogP contribution in [0.25, 0.3) is 10.2 Å². The first-order valence-corrected chi connectivity index (χ1v) is 7.69. The summed E-state index contributed by atoms with van der Waals surface area (Å²) in [6.07, 6.45) is 1.11. The Labute approximate surface area is 122 Å². The van der Waals surface area contributed by atoms with Crippen molar-refractivity contribution in [2.45, 2.75) is 25.9 Å². The Hall–Kier alpha value is -1.71. The van der Waals surface area contributed by atoms with Crippen molar-refractivity contribution in [3.8, 4) is 0 Å². The molecule has 20 heavy (non-hydrogen) atoms. The molecular formula is C17H17NOS. The van der Waals surface area contributed by atoms with Crippen molar-refractivity contribution in [1.82, 2.24) is 4.98 Å². The van der Waals surface area contributed by atoms with Crippen molar-refractivity contribution in [1.29, 1.82) is 0 Å². The molecular weight excluding hydrogens is 266 g/mol. The van der Waals surface area contributed by atoms with Crippen molar-refractivity contribution in [3.63, 3.8) is 0 Å². The monoisotopic (exact) mass is 283 g/mol. The molecule has 0 aliphatic rings. The Morgan fingerprint density at radius 2 is 1.90 bits per heavy atom. The molecule has 1 N–H and O–H groups in total. The minimum atomic E-state index is -0.528. The van der Waals surface area contributed by atoms with Crippen LogP contribution in [0, 0.1) is 0 Å². The molecule has 0 saturated carbocycles. The lowest BCUT2D eigenvalue weighted by Gasteiger charge is -2.08. The number of hydrogen-bond donors (Lipinski definition) is 1. The maximum Gasteiger partial charge on any atom is 0.123 e. The van der Waals surface area contributed by atoms with Gasteiger partial charge in [0.2, 0.25) is 0 Å². The van der Waals surface area contributed by atoms with Gasteiger partial charge in [-0.1, -0.05) is 43.3 Å². The second-order valence-corrected chi connectivity index (χ2v) is 5.98. The van der Waals surface area contributed by atoms with E-state index in [-0.39, 0.29) is 0 Å². The molecule has 0 saturated heterocycles. The van der Waals surface area contributed by atoms with Crippen molar-refractivity contribution >= 4 is 21.6 Å². The van der Waals surface area contributed by atoms with E-state index in [2.05, 4.69) is 36.2 Å². The molecule has 0 bridgehead atoms. The van der Waals surface area contributed by atoms with Crippen LogP contribution in [0.1, 0.15) is 29.2 Å². The third kappa shape index (κ3) is 2.74. The highest BCUT2D eigenvalue weighted by Gasteiger charge is 2.14. The van der Waals surface area contributed by atoms with Crippen molar-refractivity contribution in [2.24, 2.45) is 0 Å². The maximum atomic E-state index is 10.4. The van der Waals surface area contributed by atoms with E-state index in [1.165, 1.54) is 5.56 Å². The summed E-state index contributed by atoms with van der Waals surface area (Å²) in [7, 11) is 0. The molecule has 1 unspecified atom stereocenters. The van der Waals surface area contributed by atoms with Gasteiger partial charge in [0, 0.05) is 6.42 Å². The normalized spacial score (nSPS) is 12.7. The average molecular weight is 283 g/mol. The van der Waals surface area contributed by atoms with Gasteiger partial charge in [0.1, 0.15) is 11.1 Å². The summed E-state index contributed by atoms with van der Waals surface area (Å²) in [5.74, 6) is 0. The summed E-state index contributed by atoms with van der Waals surface area (Å²) in [6, 6.07) is 16.4. The van der Waals surface area contributed by atoms with E-state index in [1.807, 2.05) is 24.3 Å². The number of fused-ring (bicyclic) bond motifs is 1. The van der Waals surface area contributed by atoms with E-state index in [0.29, 0.717) is 6.42 Å². The molecule has 3 heteroatoms. The molecule has 2 nitrogen and oxygen atoms in total. The topological polar surface area (TPSA) is 33.1 Å². The smallest absolute Gasteiger partial charge is 0.123 e. The third-order valence-corrected chi connectivity index (χ3v) is 4.56. The van der Waals surface area contributed by atoms with E-state index in [9.17, 15) is 5.11 Å². The zero-order valence-corrected chi connectivity index (χ0v) is 12.2. The number of aromatic nitrogens is 1. The van der Waals surface area contributed by atoms with Crippen molar-refractivity contribution in [2.75, 3.05) is 0 Å². The second-order valence-electron chi connectivity index (χ2n) is 4.91. The highest BCUT2D eigenvalue weighted by Crippen LogP contribution is 2.28. The molecule has 0 spiro atoms. The highest BCUT2D eigenvalue weighted by molar-refractivity contribution is 7.18. The second kappa shape index (κ2) is 5.73. The van der Waals surface area contributed by atoms with Crippen LogP contribution in [-0.2, 0) is 12.8 Å². The number of aliphatic hydroxyl groups excluding tert-OH is 1. The Kier molecular flexibility index (Phi) is 3.81. The summed E-state index contributed by atoms with van der Waals surface area (Å²) in [4.78, 5) is 4.52. The predicted octanol–water partition coefficient (Wildman–Crippen LogP) is 4.13. The molecule has 0 fully saturated rings. The molecule has 1 atom stereocenters. The summed E-state index contributed by atoms with van der Waals surface area (Å²) in [5, 5.41) is 11.2. The largest absolute Gasteiger partial charge is 0.386 e. The molecule has 3 aromatic rings. The van der Waals surface area contributed by atoms with Crippen LogP contribution >= 0.6 is 11.3 Å². The molecule has 1 heterocycles. The minimum Gasteiger partial charge on any atom is -0.386 e. The van der Waals surface area contributed by atoms with Crippen molar-refractivity contribution < 1.29 is 5.11 Å². The van der Waals surface area contributed by atoms with Crippen LogP contribution < -0.4 is 0 Å². The number of thiazole rings is 1. The molecule has 102 valence electrons. The Balaban J connectivity index is 1.82. The van der Waals surface area contributed by atoms with Crippen LogP contribution in [0.5, 0.6) is 0 Å². The van der Waals surface area contributed by atoms with Gasteiger partial charge in [-0.05, 0) is 29.7 Å². The minimum absolute atomic E-state index is 0.528. The van der Waals surface area contributed by atoms with Gasteiger partial charge in [0.15, 0.2) is 0 Å². The Morgan fingerprint density at radius 1 is 1.10 bits per heavy atom. The van der Waals surface area contributed by atoms with Gasteiger partial charge in [0.05, 0.1) is 10.2 Å². The fourth-order valence-corrected chi connectivity index (χ4v) is 3.27. The van der Waals surface area contributed by atoms with Gasteiger partial charge >= 0.3 is 0 Å². The molecule has 0 aliphatic carbocycles. The first-order chi connectivity index (χ1) is 9.76. The summed E-state index contributed by atoms with van der Waals surface area (Å²) in [6.45, 7) is 2.14.